The average Bonchev–Trinajstić information content (AvgIpc) is 2.88. The molecule has 2 rings (SSSR count). The molecule has 1 saturated carbocycles. The van der Waals surface area contributed by atoms with Crippen LogP contribution in [0.5, 0.6) is 0 Å². The van der Waals surface area contributed by atoms with E-state index in [1.165, 1.54) is 12.8 Å². The second kappa shape index (κ2) is 7.10. The minimum absolute atomic E-state index is 0.180. The normalized spacial score (nSPS) is 32.4. The summed E-state index contributed by atoms with van der Waals surface area (Å²) in [7, 11) is 0. The van der Waals surface area contributed by atoms with Gasteiger partial charge in [0, 0.05) is 12.5 Å². The van der Waals surface area contributed by atoms with Gasteiger partial charge in [-0.2, -0.15) is 0 Å². The second-order valence-corrected chi connectivity index (χ2v) is 5.83. The van der Waals surface area contributed by atoms with Gasteiger partial charge in [-0.05, 0) is 63.6 Å². The zero-order chi connectivity index (χ0) is 12.8. The fourth-order valence-electron chi connectivity index (χ4n) is 3.37. The van der Waals surface area contributed by atoms with E-state index in [-0.39, 0.29) is 11.8 Å². The van der Waals surface area contributed by atoms with Crippen LogP contribution in [0.3, 0.4) is 0 Å². The van der Waals surface area contributed by atoms with E-state index in [0.717, 1.165) is 51.2 Å². The van der Waals surface area contributed by atoms with Gasteiger partial charge in [0.2, 0.25) is 5.91 Å². The van der Waals surface area contributed by atoms with Gasteiger partial charge in [0.05, 0.1) is 0 Å². The quantitative estimate of drug-likeness (QED) is 0.681. The Morgan fingerprint density at radius 3 is 2.89 bits per heavy atom. The molecule has 1 aliphatic carbocycles. The highest BCUT2D eigenvalue weighted by molar-refractivity contribution is 5.79. The van der Waals surface area contributed by atoms with Crippen molar-refractivity contribution in [2.75, 3.05) is 26.2 Å². The van der Waals surface area contributed by atoms with E-state index in [1.807, 2.05) is 0 Å². The Bertz CT molecular complexity index is 264. The third-order valence-corrected chi connectivity index (χ3v) is 4.55. The van der Waals surface area contributed by atoms with Crippen LogP contribution < -0.4 is 16.4 Å². The van der Waals surface area contributed by atoms with Crippen LogP contribution >= 0.6 is 0 Å². The fraction of sp³-hybridized carbons (Fsp3) is 0.929. The molecule has 1 unspecified atom stereocenters. The maximum absolute atomic E-state index is 12.1. The van der Waals surface area contributed by atoms with E-state index in [4.69, 9.17) is 5.73 Å². The summed E-state index contributed by atoms with van der Waals surface area (Å²) in [5.41, 5.74) is 5.72. The number of piperidine rings is 1. The van der Waals surface area contributed by atoms with Crippen molar-refractivity contribution in [2.24, 2.45) is 23.5 Å². The number of hydrogen-bond donors (Lipinski definition) is 3. The summed E-state index contributed by atoms with van der Waals surface area (Å²) in [6.45, 7) is 3.76. The number of carbonyl (C=O) groups is 1. The predicted octanol–water partition coefficient (Wildman–Crippen LogP) is 0.867. The number of amides is 1. The molecule has 0 aromatic carbocycles. The van der Waals surface area contributed by atoms with E-state index < -0.39 is 0 Å². The van der Waals surface area contributed by atoms with E-state index in [2.05, 4.69) is 10.6 Å². The van der Waals surface area contributed by atoms with Crippen LogP contribution in [0.2, 0.25) is 0 Å². The Morgan fingerprint density at radius 1 is 1.28 bits per heavy atom. The van der Waals surface area contributed by atoms with Crippen LogP contribution in [-0.4, -0.2) is 32.1 Å². The van der Waals surface area contributed by atoms with Gasteiger partial charge >= 0.3 is 0 Å². The summed E-state index contributed by atoms with van der Waals surface area (Å²) >= 11 is 0. The Hall–Kier alpha value is -0.610. The SMILES string of the molecule is NC[C@H]1CCC[C@H]1C(=O)NCCC1CCCNC1. The van der Waals surface area contributed by atoms with Crippen LogP contribution in [-0.2, 0) is 4.79 Å². The molecular weight excluding hydrogens is 226 g/mol. The molecule has 1 heterocycles. The van der Waals surface area contributed by atoms with Crippen molar-refractivity contribution in [1.29, 1.82) is 0 Å². The zero-order valence-corrected chi connectivity index (χ0v) is 11.3. The molecule has 0 aromatic heterocycles. The van der Waals surface area contributed by atoms with Crippen LogP contribution in [0, 0.1) is 17.8 Å². The first kappa shape index (κ1) is 13.8. The van der Waals surface area contributed by atoms with Crippen LogP contribution in [0.4, 0.5) is 0 Å². The number of rotatable bonds is 5. The minimum atomic E-state index is 0.180. The lowest BCUT2D eigenvalue weighted by Crippen LogP contribution is -2.37. The number of nitrogens with two attached hydrogens (primary N) is 1. The first-order valence-corrected chi connectivity index (χ1v) is 7.49. The van der Waals surface area contributed by atoms with E-state index in [0.29, 0.717) is 12.5 Å². The lowest BCUT2D eigenvalue weighted by Gasteiger charge is -2.23. The Morgan fingerprint density at radius 2 is 2.17 bits per heavy atom. The number of nitrogens with one attached hydrogen (secondary N) is 2. The third-order valence-electron chi connectivity index (χ3n) is 4.55. The van der Waals surface area contributed by atoms with E-state index in [9.17, 15) is 4.79 Å². The van der Waals surface area contributed by atoms with Gasteiger partial charge in [0.25, 0.3) is 0 Å². The average molecular weight is 253 g/mol. The highest BCUT2D eigenvalue weighted by Crippen LogP contribution is 2.30. The zero-order valence-electron chi connectivity index (χ0n) is 11.3. The van der Waals surface area contributed by atoms with E-state index >= 15 is 0 Å². The smallest absolute Gasteiger partial charge is 0.223 e. The molecule has 1 amide bonds. The highest BCUT2D eigenvalue weighted by atomic mass is 16.1. The van der Waals surface area contributed by atoms with Crippen LogP contribution in [0.25, 0.3) is 0 Å². The Balaban J connectivity index is 1.64. The second-order valence-electron chi connectivity index (χ2n) is 5.83. The largest absolute Gasteiger partial charge is 0.356 e. The molecule has 1 saturated heterocycles. The molecule has 4 nitrogen and oxygen atoms in total. The lowest BCUT2D eigenvalue weighted by atomic mass is 9.94. The van der Waals surface area contributed by atoms with Crippen molar-refractivity contribution in [3.05, 3.63) is 0 Å². The first-order valence-electron chi connectivity index (χ1n) is 7.49. The lowest BCUT2D eigenvalue weighted by molar-refractivity contribution is -0.126. The maximum atomic E-state index is 12.1. The van der Waals surface area contributed by atoms with Gasteiger partial charge in [0.15, 0.2) is 0 Å². The summed E-state index contributed by atoms with van der Waals surface area (Å²) in [6.07, 6.45) is 7.00. The molecule has 18 heavy (non-hydrogen) atoms. The van der Waals surface area contributed by atoms with Crippen LogP contribution in [0.15, 0.2) is 0 Å². The molecule has 0 bridgehead atoms. The maximum Gasteiger partial charge on any atom is 0.223 e. The molecule has 0 aromatic rings. The summed E-state index contributed by atoms with van der Waals surface area (Å²) in [5, 5.41) is 6.53. The highest BCUT2D eigenvalue weighted by Gasteiger charge is 2.31. The molecule has 0 radical (unpaired) electrons. The predicted molar refractivity (Wildman–Crippen MR) is 73.1 cm³/mol. The molecule has 3 atom stereocenters. The minimum Gasteiger partial charge on any atom is -0.356 e. The fourth-order valence-corrected chi connectivity index (χ4v) is 3.37. The molecule has 2 aliphatic rings. The Kier molecular flexibility index (Phi) is 5.45. The molecule has 4 heteroatoms. The van der Waals surface area contributed by atoms with Gasteiger partial charge in [-0.25, -0.2) is 0 Å². The Labute approximate surface area is 110 Å². The molecule has 4 N–H and O–H groups in total. The van der Waals surface area contributed by atoms with Crippen LogP contribution in [0.1, 0.15) is 38.5 Å². The molecule has 1 aliphatic heterocycles. The molecular formula is C14H27N3O. The number of hydrogen-bond acceptors (Lipinski definition) is 3. The van der Waals surface area contributed by atoms with Crippen molar-refractivity contribution in [3.8, 4) is 0 Å². The van der Waals surface area contributed by atoms with Gasteiger partial charge in [-0.15, -0.1) is 0 Å². The summed E-state index contributed by atoms with van der Waals surface area (Å²) < 4.78 is 0. The summed E-state index contributed by atoms with van der Waals surface area (Å²) in [4.78, 5) is 12.1. The van der Waals surface area contributed by atoms with Gasteiger partial charge in [-0.1, -0.05) is 6.42 Å². The van der Waals surface area contributed by atoms with Crippen molar-refractivity contribution >= 4 is 5.91 Å². The van der Waals surface area contributed by atoms with Gasteiger partial charge in [-0.3, -0.25) is 4.79 Å². The van der Waals surface area contributed by atoms with Crippen molar-refractivity contribution in [1.82, 2.24) is 10.6 Å². The first-order chi connectivity index (χ1) is 8.81. The van der Waals surface area contributed by atoms with Crippen molar-refractivity contribution in [3.63, 3.8) is 0 Å². The molecule has 0 spiro atoms. The monoisotopic (exact) mass is 253 g/mol. The summed E-state index contributed by atoms with van der Waals surface area (Å²) in [6, 6.07) is 0. The summed E-state index contributed by atoms with van der Waals surface area (Å²) in [5.74, 6) is 1.58. The van der Waals surface area contributed by atoms with Gasteiger partial charge < -0.3 is 16.4 Å². The number of carbonyl (C=O) groups excluding carboxylic acids is 1. The molecule has 104 valence electrons. The van der Waals surface area contributed by atoms with Gasteiger partial charge in [0.1, 0.15) is 0 Å². The van der Waals surface area contributed by atoms with Crippen molar-refractivity contribution in [2.45, 2.75) is 38.5 Å². The third kappa shape index (κ3) is 3.69. The van der Waals surface area contributed by atoms with Crippen molar-refractivity contribution < 1.29 is 4.79 Å². The van der Waals surface area contributed by atoms with E-state index in [1.54, 1.807) is 0 Å². The molecule has 2 fully saturated rings. The standard InChI is InChI=1S/C14H27N3O/c15-9-12-4-1-5-13(12)14(18)17-8-6-11-3-2-7-16-10-11/h11-13,16H,1-10,15H2,(H,17,18)/t11?,12-,13-/m1/s1. The topological polar surface area (TPSA) is 67.2 Å².